The van der Waals surface area contributed by atoms with Gasteiger partial charge in [0.1, 0.15) is 11.6 Å². The maximum absolute atomic E-state index is 14.2. The first-order valence-corrected chi connectivity index (χ1v) is 8.14. The second-order valence-corrected chi connectivity index (χ2v) is 6.25. The molecule has 0 saturated carbocycles. The van der Waals surface area contributed by atoms with E-state index >= 15 is 0 Å². The lowest BCUT2D eigenvalue weighted by atomic mass is 10.1. The van der Waals surface area contributed by atoms with Gasteiger partial charge in [-0.25, -0.2) is 4.39 Å². The van der Waals surface area contributed by atoms with Crippen LogP contribution < -0.4 is 21.1 Å². The van der Waals surface area contributed by atoms with Crippen LogP contribution in [0.15, 0.2) is 36.4 Å². The van der Waals surface area contributed by atoms with Crippen molar-refractivity contribution >= 4 is 28.9 Å². The molecule has 6 nitrogen and oxygen atoms in total. The highest BCUT2D eigenvalue weighted by Gasteiger charge is 2.14. The zero-order valence-corrected chi connectivity index (χ0v) is 14.9. The van der Waals surface area contributed by atoms with Crippen molar-refractivity contribution in [1.82, 2.24) is 0 Å². The van der Waals surface area contributed by atoms with Gasteiger partial charge in [-0.15, -0.1) is 0 Å². The van der Waals surface area contributed by atoms with E-state index in [0.29, 0.717) is 17.1 Å². The van der Waals surface area contributed by atoms with Crippen molar-refractivity contribution in [3.63, 3.8) is 0 Å². The summed E-state index contributed by atoms with van der Waals surface area (Å²) >= 11 is 0. The molecule has 0 aliphatic rings. The zero-order valence-electron chi connectivity index (χ0n) is 14.9. The Morgan fingerprint density at radius 2 is 1.85 bits per heavy atom. The average molecular weight is 359 g/mol. The predicted molar refractivity (Wildman–Crippen MR) is 99.8 cm³/mol. The molecule has 0 fully saturated rings. The summed E-state index contributed by atoms with van der Waals surface area (Å²) in [5, 5.41) is 5.12. The van der Waals surface area contributed by atoms with E-state index in [4.69, 9.17) is 10.5 Å². The van der Waals surface area contributed by atoms with Gasteiger partial charge in [-0.05, 0) is 36.2 Å². The minimum atomic E-state index is -0.687. The molecule has 0 bridgehead atoms. The minimum absolute atomic E-state index is 0.0353. The molecule has 0 saturated heterocycles. The zero-order chi connectivity index (χ0) is 19.3. The number of benzene rings is 2. The largest absolute Gasteiger partial charge is 0.497 e. The first kappa shape index (κ1) is 19.2. The number of nitrogen functional groups attached to an aromatic ring is 1. The van der Waals surface area contributed by atoms with Crippen LogP contribution in [0.4, 0.5) is 21.5 Å². The first-order valence-electron chi connectivity index (χ1n) is 8.14. The van der Waals surface area contributed by atoms with Crippen LogP contribution in [-0.4, -0.2) is 18.9 Å². The quantitative estimate of drug-likeness (QED) is 0.686. The second-order valence-electron chi connectivity index (χ2n) is 6.25. The van der Waals surface area contributed by atoms with E-state index in [2.05, 4.69) is 10.6 Å². The molecule has 0 aromatic heterocycles. The Balaban J connectivity index is 2.13. The van der Waals surface area contributed by atoms with Gasteiger partial charge < -0.3 is 21.1 Å². The van der Waals surface area contributed by atoms with Gasteiger partial charge in [-0.1, -0.05) is 13.8 Å². The lowest BCUT2D eigenvalue weighted by Gasteiger charge is -2.11. The number of amides is 2. The average Bonchev–Trinajstić information content (AvgIpc) is 2.57. The number of hydrogen-bond acceptors (Lipinski definition) is 4. The van der Waals surface area contributed by atoms with E-state index in [1.165, 1.54) is 19.2 Å². The number of rotatable bonds is 6. The van der Waals surface area contributed by atoms with Crippen molar-refractivity contribution in [3.05, 3.63) is 47.8 Å². The molecule has 26 heavy (non-hydrogen) atoms. The first-order chi connectivity index (χ1) is 12.3. The van der Waals surface area contributed by atoms with Gasteiger partial charge in [0, 0.05) is 18.1 Å². The molecule has 7 heteroatoms. The summed E-state index contributed by atoms with van der Waals surface area (Å²) < 4.78 is 19.3. The van der Waals surface area contributed by atoms with E-state index in [1.807, 2.05) is 13.8 Å². The van der Waals surface area contributed by atoms with Crippen molar-refractivity contribution in [1.29, 1.82) is 0 Å². The molecule has 0 aliphatic heterocycles. The van der Waals surface area contributed by atoms with Gasteiger partial charge in [0.15, 0.2) is 0 Å². The molecule has 2 aromatic rings. The predicted octanol–water partition coefficient (Wildman–Crippen LogP) is 3.65. The number of anilines is 3. The summed E-state index contributed by atoms with van der Waals surface area (Å²) in [6.45, 7) is 3.79. The normalized spacial score (nSPS) is 10.5. The van der Waals surface area contributed by atoms with Gasteiger partial charge in [-0.3, -0.25) is 9.59 Å². The Hall–Kier alpha value is -3.09. The third kappa shape index (κ3) is 4.95. The number of halogens is 1. The fourth-order valence-electron chi connectivity index (χ4n) is 2.29. The van der Waals surface area contributed by atoms with Crippen LogP contribution in [-0.2, 0) is 4.79 Å². The summed E-state index contributed by atoms with van der Waals surface area (Å²) in [6.07, 6.45) is 0.288. The highest BCUT2D eigenvalue weighted by Crippen LogP contribution is 2.25. The Kier molecular flexibility index (Phi) is 6.16. The molecule has 2 amide bonds. The van der Waals surface area contributed by atoms with Gasteiger partial charge >= 0.3 is 0 Å². The van der Waals surface area contributed by atoms with Gasteiger partial charge in [0.2, 0.25) is 5.91 Å². The maximum atomic E-state index is 14.2. The summed E-state index contributed by atoms with van der Waals surface area (Å²) in [7, 11) is 1.50. The molecule has 0 spiro atoms. The lowest BCUT2D eigenvalue weighted by Crippen LogP contribution is -2.16. The van der Waals surface area contributed by atoms with Crippen molar-refractivity contribution < 1.29 is 18.7 Å². The van der Waals surface area contributed by atoms with Gasteiger partial charge in [0.05, 0.1) is 24.2 Å². The number of carbonyl (C=O) groups excluding carboxylic acids is 2. The standard InChI is InChI=1S/C19H22FN3O3/c1-11(2)8-18(24)22-16-7-4-12(9-14(16)20)19(25)23-17-10-13(26-3)5-6-15(17)21/h4-7,9-11H,8,21H2,1-3H3,(H,22,24)(H,23,25). The number of hydrogen-bond donors (Lipinski definition) is 3. The van der Waals surface area contributed by atoms with Gasteiger partial charge in [-0.2, -0.15) is 0 Å². The van der Waals surface area contributed by atoms with Crippen LogP contribution in [0.5, 0.6) is 5.75 Å². The minimum Gasteiger partial charge on any atom is -0.497 e. The Morgan fingerprint density at radius 3 is 2.46 bits per heavy atom. The summed E-state index contributed by atoms with van der Waals surface area (Å²) in [5.74, 6) is -0.794. The molecule has 0 heterocycles. The van der Waals surface area contributed by atoms with Crippen molar-refractivity contribution in [2.45, 2.75) is 20.3 Å². The highest BCUT2D eigenvalue weighted by atomic mass is 19.1. The number of nitrogens with two attached hydrogens (primary N) is 1. The summed E-state index contributed by atoms with van der Waals surface area (Å²) in [6, 6.07) is 8.69. The molecular weight excluding hydrogens is 337 g/mol. The van der Waals surface area contributed by atoms with E-state index in [1.54, 1.807) is 18.2 Å². The topological polar surface area (TPSA) is 93.4 Å². The van der Waals surface area contributed by atoms with Crippen LogP contribution in [0.2, 0.25) is 0 Å². The molecule has 4 N–H and O–H groups in total. The number of carbonyl (C=O) groups is 2. The van der Waals surface area contributed by atoms with E-state index in [-0.39, 0.29) is 29.5 Å². The molecule has 138 valence electrons. The second kappa shape index (κ2) is 8.33. The molecule has 0 radical (unpaired) electrons. The van der Waals surface area contributed by atoms with Crippen LogP contribution in [0.3, 0.4) is 0 Å². The number of ether oxygens (including phenoxy) is 1. The monoisotopic (exact) mass is 359 g/mol. The fraction of sp³-hybridized carbons (Fsp3) is 0.263. The van der Waals surface area contributed by atoms with E-state index in [0.717, 1.165) is 6.07 Å². The molecule has 0 atom stereocenters. The number of nitrogens with one attached hydrogen (secondary N) is 2. The fourth-order valence-corrected chi connectivity index (χ4v) is 2.29. The highest BCUT2D eigenvalue weighted by molar-refractivity contribution is 6.06. The van der Waals surface area contributed by atoms with Crippen LogP contribution in [0.1, 0.15) is 30.6 Å². The smallest absolute Gasteiger partial charge is 0.255 e. The third-order valence-corrected chi connectivity index (χ3v) is 3.61. The SMILES string of the molecule is COc1ccc(N)c(NC(=O)c2ccc(NC(=O)CC(C)C)c(F)c2)c1. The van der Waals surface area contributed by atoms with Crippen molar-refractivity contribution in [2.75, 3.05) is 23.5 Å². The Bertz CT molecular complexity index is 822. The molecule has 0 unspecified atom stereocenters. The van der Waals surface area contributed by atoms with Crippen LogP contribution in [0, 0.1) is 11.7 Å². The maximum Gasteiger partial charge on any atom is 0.255 e. The van der Waals surface area contributed by atoms with Crippen molar-refractivity contribution in [2.24, 2.45) is 5.92 Å². The van der Waals surface area contributed by atoms with E-state index < -0.39 is 11.7 Å². The Labute approximate surface area is 151 Å². The van der Waals surface area contributed by atoms with E-state index in [9.17, 15) is 14.0 Å². The van der Waals surface area contributed by atoms with Crippen LogP contribution >= 0.6 is 0 Å². The van der Waals surface area contributed by atoms with Crippen LogP contribution in [0.25, 0.3) is 0 Å². The lowest BCUT2D eigenvalue weighted by molar-refractivity contribution is -0.116. The summed E-state index contributed by atoms with van der Waals surface area (Å²) in [4.78, 5) is 24.1. The van der Waals surface area contributed by atoms with Gasteiger partial charge in [0.25, 0.3) is 5.91 Å². The summed E-state index contributed by atoms with van der Waals surface area (Å²) in [5.41, 5.74) is 6.69. The molecular formula is C19H22FN3O3. The molecule has 2 aromatic carbocycles. The van der Waals surface area contributed by atoms with Crippen molar-refractivity contribution in [3.8, 4) is 5.75 Å². The Morgan fingerprint density at radius 1 is 1.12 bits per heavy atom. The molecule has 0 aliphatic carbocycles. The molecule has 2 rings (SSSR count). The number of methoxy groups -OCH3 is 1. The third-order valence-electron chi connectivity index (χ3n) is 3.61.